The molecular formula is C18H15N5O3. The number of amides is 1. The summed E-state index contributed by atoms with van der Waals surface area (Å²) in [6.07, 6.45) is 8.60. The van der Waals surface area contributed by atoms with Gasteiger partial charge < -0.3 is 15.0 Å². The fraction of sp³-hybridized carbons (Fsp3) is 0.111. The molecule has 2 aromatic rings. The largest absolute Gasteiger partial charge is 0.478 e. The van der Waals surface area contributed by atoms with Crippen molar-refractivity contribution in [3.63, 3.8) is 0 Å². The number of carbonyl (C=O) groups excluding carboxylic acids is 1. The van der Waals surface area contributed by atoms with E-state index in [1.807, 2.05) is 23.9 Å². The van der Waals surface area contributed by atoms with Gasteiger partial charge >= 0.3 is 5.97 Å². The van der Waals surface area contributed by atoms with E-state index in [-0.39, 0.29) is 11.5 Å². The van der Waals surface area contributed by atoms with Crippen molar-refractivity contribution in [2.24, 2.45) is 23.1 Å². The third-order valence-corrected chi connectivity index (χ3v) is 4.35. The van der Waals surface area contributed by atoms with Gasteiger partial charge in [0.2, 0.25) is 0 Å². The standard InChI is InChI=1S/C18H15N5O3/c1-23-9-11(12-3-2-10(18(25)26)7-15(12)23)6-14-16(20-5-4-19-14)13-8-21-22-17(13)24/h2-9,13,19H,1H3,(H,22,24)(H,25,26). The van der Waals surface area contributed by atoms with Gasteiger partial charge in [0.05, 0.1) is 17.0 Å². The minimum atomic E-state index is -0.965. The zero-order valence-corrected chi connectivity index (χ0v) is 13.8. The van der Waals surface area contributed by atoms with Crippen molar-refractivity contribution in [1.29, 1.82) is 0 Å². The number of rotatable bonds is 3. The molecule has 1 amide bonds. The van der Waals surface area contributed by atoms with Crippen LogP contribution < -0.4 is 10.7 Å². The molecule has 1 unspecified atom stereocenters. The van der Waals surface area contributed by atoms with Gasteiger partial charge in [-0.1, -0.05) is 6.07 Å². The Kier molecular flexibility index (Phi) is 3.65. The predicted molar refractivity (Wildman–Crippen MR) is 97.7 cm³/mol. The molecule has 26 heavy (non-hydrogen) atoms. The summed E-state index contributed by atoms with van der Waals surface area (Å²) >= 11 is 0. The lowest BCUT2D eigenvalue weighted by molar-refractivity contribution is -0.120. The van der Waals surface area contributed by atoms with Crippen LogP contribution >= 0.6 is 0 Å². The molecule has 1 atom stereocenters. The Morgan fingerprint density at radius 3 is 2.96 bits per heavy atom. The zero-order valence-electron chi connectivity index (χ0n) is 13.8. The summed E-state index contributed by atoms with van der Waals surface area (Å²) in [7, 11) is 1.86. The normalized spacial score (nSPS) is 20.3. The van der Waals surface area contributed by atoms with E-state index in [1.54, 1.807) is 30.6 Å². The van der Waals surface area contributed by atoms with E-state index in [0.29, 0.717) is 11.4 Å². The van der Waals surface area contributed by atoms with Crippen molar-refractivity contribution in [3.8, 4) is 0 Å². The minimum Gasteiger partial charge on any atom is -0.478 e. The molecule has 0 saturated heterocycles. The first-order valence-electron chi connectivity index (χ1n) is 7.91. The van der Waals surface area contributed by atoms with Gasteiger partial charge in [-0.15, -0.1) is 0 Å². The highest BCUT2D eigenvalue weighted by Gasteiger charge is 2.29. The van der Waals surface area contributed by atoms with Crippen LogP contribution in [0.4, 0.5) is 0 Å². The van der Waals surface area contributed by atoms with Gasteiger partial charge in [-0.25, -0.2) is 10.2 Å². The van der Waals surface area contributed by atoms with Crippen LogP contribution in [0.2, 0.25) is 0 Å². The molecule has 1 aromatic heterocycles. The van der Waals surface area contributed by atoms with Gasteiger partial charge in [-0.3, -0.25) is 9.79 Å². The molecule has 0 spiro atoms. The molecule has 1 aromatic carbocycles. The van der Waals surface area contributed by atoms with Gasteiger partial charge in [-0.05, 0) is 18.2 Å². The second-order valence-corrected chi connectivity index (χ2v) is 6.00. The van der Waals surface area contributed by atoms with Crippen LogP contribution in [0, 0.1) is 5.92 Å². The number of carboxylic acid groups (broad SMARTS) is 1. The smallest absolute Gasteiger partial charge is 0.335 e. The van der Waals surface area contributed by atoms with E-state index in [0.717, 1.165) is 16.5 Å². The molecule has 0 aliphatic carbocycles. The van der Waals surface area contributed by atoms with Crippen LogP contribution in [-0.4, -0.2) is 33.5 Å². The lowest BCUT2D eigenvalue weighted by atomic mass is 9.99. The number of aryl methyl sites for hydroxylation is 1. The summed E-state index contributed by atoms with van der Waals surface area (Å²) in [6, 6.07) is 5.00. The number of nitrogens with zero attached hydrogens (tertiary/aromatic N) is 3. The van der Waals surface area contributed by atoms with Crippen LogP contribution in [0.15, 0.2) is 52.6 Å². The fourth-order valence-electron chi connectivity index (χ4n) is 3.08. The first kappa shape index (κ1) is 15.8. The summed E-state index contributed by atoms with van der Waals surface area (Å²) in [5.74, 6) is -1.74. The molecule has 2 aliphatic heterocycles. The molecule has 0 saturated carbocycles. The first-order valence-corrected chi connectivity index (χ1v) is 7.91. The quantitative estimate of drug-likeness (QED) is 0.779. The van der Waals surface area contributed by atoms with Gasteiger partial charge in [0.1, 0.15) is 5.92 Å². The molecule has 8 heteroatoms. The van der Waals surface area contributed by atoms with Crippen LogP contribution in [0.3, 0.4) is 0 Å². The number of carboxylic acids is 1. The van der Waals surface area contributed by atoms with Gasteiger partial charge in [0.15, 0.2) is 0 Å². The summed E-state index contributed by atoms with van der Waals surface area (Å²) in [5, 5.41) is 17.0. The highest BCUT2D eigenvalue weighted by molar-refractivity contribution is 6.25. The number of hydrogen-bond donors (Lipinski definition) is 3. The maximum absolute atomic E-state index is 11.9. The Labute approximate surface area is 148 Å². The topological polar surface area (TPSA) is 108 Å². The van der Waals surface area contributed by atoms with Crippen LogP contribution in [0.25, 0.3) is 17.0 Å². The summed E-state index contributed by atoms with van der Waals surface area (Å²) in [5.41, 5.74) is 5.61. The van der Waals surface area contributed by atoms with E-state index < -0.39 is 11.9 Å². The minimum absolute atomic E-state index is 0.226. The Bertz CT molecular complexity index is 1060. The SMILES string of the molecule is Cn1cc(C=C2NC=CN=C2C2C=NNC2=O)c2ccc(C(=O)O)cc21. The number of aromatic nitrogens is 1. The number of allylic oxidation sites excluding steroid dienone is 1. The van der Waals surface area contributed by atoms with Crippen molar-refractivity contribution in [1.82, 2.24) is 15.3 Å². The van der Waals surface area contributed by atoms with Crippen LogP contribution in [-0.2, 0) is 11.8 Å². The van der Waals surface area contributed by atoms with Crippen molar-refractivity contribution in [2.45, 2.75) is 0 Å². The average molecular weight is 349 g/mol. The maximum Gasteiger partial charge on any atom is 0.335 e. The van der Waals surface area contributed by atoms with Crippen molar-refractivity contribution in [3.05, 3.63) is 53.6 Å². The van der Waals surface area contributed by atoms with E-state index >= 15 is 0 Å². The van der Waals surface area contributed by atoms with Crippen LogP contribution in [0.5, 0.6) is 0 Å². The molecule has 0 radical (unpaired) electrons. The predicted octanol–water partition coefficient (Wildman–Crippen LogP) is 1.46. The fourth-order valence-corrected chi connectivity index (χ4v) is 3.08. The lowest BCUT2D eigenvalue weighted by Gasteiger charge is -2.16. The van der Waals surface area contributed by atoms with E-state index in [1.165, 1.54) is 6.21 Å². The molecule has 2 aliphatic rings. The second kappa shape index (κ2) is 5.99. The lowest BCUT2D eigenvalue weighted by Crippen LogP contribution is -2.32. The number of hydrogen-bond acceptors (Lipinski definition) is 5. The third kappa shape index (κ3) is 2.57. The first-order chi connectivity index (χ1) is 12.5. The highest BCUT2D eigenvalue weighted by atomic mass is 16.4. The number of nitrogens with one attached hydrogen (secondary N) is 2. The number of aromatic carboxylic acids is 1. The van der Waals surface area contributed by atoms with Crippen molar-refractivity contribution >= 4 is 40.8 Å². The van der Waals surface area contributed by atoms with Gasteiger partial charge in [-0.2, -0.15) is 5.10 Å². The number of benzene rings is 1. The van der Waals surface area contributed by atoms with E-state index in [4.69, 9.17) is 0 Å². The monoisotopic (exact) mass is 349 g/mol. The van der Waals surface area contributed by atoms with E-state index in [2.05, 4.69) is 20.8 Å². The van der Waals surface area contributed by atoms with E-state index in [9.17, 15) is 14.7 Å². The van der Waals surface area contributed by atoms with Gasteiger partial charge in [0.25, 0.3) is 5.91 Å². The highest BCUT2D eigenvalue weighted by Crippen LogP contribution is 2.25. The molecular weight excluding hydrogens is 334 g/mol. The van der Waals surface area contributed by atoms with Gasteiger partial charge in [0, 0.05) is 48.3 Å². The number of fused-ring (bicyclic) bond motifs is 1. The van der Waals surface area contributed by atoms with Crippen molar-refractivity contribution < 1.29 is 14.7 Å². The summed E-state index contributed by atoms with van der Waals surface area (Å²) in [4.78, 5) is 27.5. The number of aliphatic imine (C=N–C) groups is 1. The third-order valence-electron chi connectivity index (χ3n) is 4.35. The average Bonchev–Trinajstić information content (AvgIpc) is 3.19. The molecule has 0 bridgehead atoms. The molecule has 3 N–H and O–H groups in total. The summed E-state index contributed by atoms with van der Waals surface area (Å²) in [6.45, 7) is 0. The maximum atomic E-state index is 11.9. The zero-order chi connectivity index (χ0) is 18.3. The van der Waals surface area contributed by atoms with Crippen molar-refractivity contribution in [2.75, 3.05) is 0 Å². The molecule has 0 fully saturated rings. The number of carbonyl (C=O) groups is 2. The Hall–Kier alpha value is -3.68. The molecule has 3 heterocycles. The molecule has 4 rings (SSSR count). The Balaban J connectivity index is 1.79. The summed E-state index contributed by atoms with van der Waals surface area (Å²) < 4.78 is 1.87. The molecule has 130 valence electrons. The second-order valence-electron chi connectivity index (χ2n) is 6.00. The number of hydrazone groups is 1. The Morgan fingerprint density at radius 1 is 1.38 bits per heavy atom. The Morgan fingerprint density at radius 2 is 2.23 bits per heavy atom. The molecule has 8 nitrogen and oxygen atoms in total. The van der Waals surface area contributed by atoms with Crippen LogP contribution in [0.1, 0.15) is 15.9 Å².